The Morgan fingerprint density at radius 1 is 1.33 bits per heavy atom. The smallest absolute Gasteiger partial charge is 0.0933 e. The number of nitrogens with zero attached hydrogens (tertiary/aromatic N) is 1. The quantitative estimate of drug-likeness (QED) is 0.497. The summed E-state index contributed by atoms with van der Waals surface area (Å²) in [4.78, 5) is 4.32. The van der Waals surface area contributed by atoms with Gasteiger partial charge in [0.2, 0.25) is 0 Å². The molecule has 1 N–H and O–H groups in total. The van der Waals surface area contributed by atoms with E-state index in [1.807, 2.05) is 0 Å². The first kappa shape index (κ1) is 9.56. The highest BCUT2D eigenvalue weighted by molar-refractivity contribution is 5.79. The maximum absolute atomic E-state index is 4.32. The molecule has 1 rings (SSSR count). The van der Waals surface area contributed by atoms with Gasteiger partial charge in [-0.1, -0.05) is 19.3 Å². The van der Waals surface area contributed by atoms with E-state index in [4.69, 9.17) is 0 Å². The lowest BCUT2D eigenvalue weighted by Gasteiger charge is -2.23. The second kappa shape index (κ2) is 5.18. The molecule has 0 saturated heterocycles. The first-order valence-electron chi connectivity index (χ1n) is 5.10. The second-order valence-electron chi connectivity index (χ2n) is 3.54. The van der Waals surface area contributed by atoms with Gasteiger partial charge in [-0.15, -0.1) is 0 Å². The number of nitrogens with one attached hydrogen (secondary N) is 1. The molecule has 0 bridgehead atoms. The minimum atomic E-state index is 0.703. The zero-order valence-corrected chi connectivity index (χ0v) is 8.27. The maximum atomic E-state index is 4.32. The van der Waals surface area contributed by atoms with Crippen LogP contribution < -0.4 is 5.32 Å². The van der Waals surface area contributed by atoms with E-state index >= 15 is 0 Å². The Morgan fingerprint density at radius 2 is 2.00 bits per heavy atom. The molecule has 0 atom stereocenters. The lowest BCUT2D eigenvalue weighted by molar-refractivity contribution is 0.413. The largest absolute Gasteiger partial charge is 0.371 e. The molecule has 0 aromatic heterocycles. The average Bonchev–Trinajstić information content (AvgIpc) is 2.06. The predicted octanol–water partition coefficient (Wildman–Crippen LogP) is 2.35. The van der Waals surface area contributed by atoms with Crippen LogP contribution in [0.25, 0.3) is 0 Å². The lowest BCUT2D eigenvalue weighted by Crippen LogP contribution is -2.34. The summed E-state index contributed by atoms with van der Waals surface area (Å²) >= 11 is 0. The van der Waals surface area contributed by atoms with Gasteiger partial charge in [0.25, 0.3) is 0 Å². The van der Waals surface area contributed by atoms with Gasteiger partial charge in [0.1, 0.15) is 0 Å². The Balaban J connectivity index is 2.24. The van der Waals surface area contributed by atoms with Crippen LogP contribution in [0.1, 0.15) is 46.0 Å². The number of hydrogen-bond donors (Lipinski definition) is 1. The number of amidine groups is 1. The highest BCUT2D eigenvalue weighted by atomic mass is 15.0. The van der Waals surface area contributed by atoms with Crippen LogP contribution in [-0.2, 0) is 0 Å². The van der Waals surface area contributed by atoms with Crippen LogP contribution in [-0.4, -0.2) is 18.4 Å². The van der Waals surface area contributed by atoms with Crippen molar-refractivity contribution in [3.63, 3.8) is 0 Å². The third-order valence-corrected chi connectivity index (χ3v) is 2.41. The molecule has 2 heteroatoms. The molecule has 2 nitrogen and oxygen atoms in total. The predicted molar refractivity (Wildman–Crippen MR) is 53.7 cm³/mol. The van der Waals surface area contributed by atoms with Gasteiger partial charge >= 0.3 is 0 Å². The molecule has 0 spiro atoms. The molecule has 70 valence electrons. The second-order valence-corrected chi connectivity index (χ2v) is 3.54. The molecule has 12 heavy (non-hydrogen) atoms. The SMILES string of the molecule is CCN=C(C)NC1CCCCC1. The van der Waals surface area contributed by atoms with E-state index in [1.165, 1.54) is 32.1 Å². The monoisotopic (exact) mass is 168 g/mol. The summed E-state index contributed by atoms with van der Waals surface area (Å²) in [6, 6.07) is 0.703. The van der Waals surface area contributed by atoms with Gasteiger partial charge in [-0.25, -0.2) is 0 Å². The van der Waals surface area contributed by atoms with Gasteiger partial charge < -0.3 is 5.32 Å². The van der Waals surface area contributed by atoms with Crippen molar-refractivity contribution in [2.75, 3.05) is 6.54 Å². The van der Waals surface area contributed by atoms with Crippen molar-refractivity contribution in [2.45, 2.75) is 52.0 Å². The minimum absolute atomic E-state index is 0.703. The standard InChI is InChI=1S/C10H20N2/c1-3-11-9(2)12-10-7-5-4-6-8-10/h10H,3-8H2,1-2H3,(H,11,12). The van der Waals surface area contributed by atoms with Crippen LogP contribution in [0.3, 0.4) is 0 Å². The number of aliphatic imine (C=N–C) groups is 1. The maximum Gasteiger partial charge on any atom is 0.0933 e. The summed E-state index contributed by atoms with van der Waals surface area (Å²) in [6.07, 6.45) is 6.85. The fourth-order valence-electron chi connectivity index (χ4n) is 1.83. The molecular weight excluding hydrogens is 148 g/mol. The Kier molecular flexibility index (Phi) is 4.12. The van der Waals surface area contributed by atoms with E-state index < -0.39 is 0 Å². The Bertz CT molecular complexity index is 146. The Hall–Kier alpha value is -0.530. The zero-order chi connectivity index (χ0) is 8.81. The summed E-state index contributed by atoms with van der Waals surface area (Å²) in [5.74, 6) is 1.12. The molecule has 0 aromatic rings. The Labute approximate surface area is 75.5 Å². The number of hydrogen-bond acceptors (Lipinski definition) is 1. The first-order chi connectivity index (χ1) is 5.83. The molecule has 0 unspecified atom stereocenters. The summed E-state index contributed by atoms with van der Waals surface area (Å²) in [5, 5.41) is 3.47. The molecule has 0 amide bonds. The van der Waals surface area contributed by atoms with Crippen LogP contribution >= 0.6 is 0 Å². The van der Waals surface area contributed by atoms with E-state index in [0.717, 1.165) is 12.4 Å². The first-order valence-corrected chi connectivity index (χ1v) is 5.10. The van der Waals surface area contributed by atoms with E-state index in [9.17, 15) is 0 Å². The molecular formula is C10H20N2. The lowest BCUT2D eigenvalue weighted by atomic mass is 9.95. The van der Waals surface area contributed by atoms with Crippen molar-refractivity contribution in [3.8, 4) is 0 Å². The zero-order valence-electron chi connectivity index (χ0n) is 8.27. The average molecular weight is 168 g/mol. The fraction of sp³-hybridized carbons (Fsp3) is 0.900. The van der Waals surface area contributed by atoms with Gasteiger partial charge in [-0.05, 0) is 26.7 Å². The van der Waals surface area contributed by atoms with Gasteiger partial charge in [-0.2, -0.15) is 0 Å². The summed E-state index contributed by atoms with van der Waals surface area (Å²) in [6.45, 7) is 5.04. The van der Waals surface area contributed by atoms with Crippen molar-refractivity contribution in [2.24, 2.45) is 4.99 Å². The van der Waals surface area contributed by atoms with Crippen molar-refractivity contribution in [3.05, 3.63) is 0 Å². The van der Waals surface area contributed by atoms with E-state index in [1.54, 1.807) is 0 Å². The summed E-state index contributed by atoms with van der Waals surface area (Å²) < 4.78 is 0. The summed E-state index contributed by atoms with van der Waals surface area (Å²) in [5.41, 5.74) is 0. The molecule has 1 aliphatic rings. The van der Waals surface area contributed by atoms with Gasteiger partial charge in [0, 0.05) is 12.6 Å². The van der Waals surface area contributed by atoms with E-state index in [-0.39, 0.29) is 0 Å². The van der Waals surface area contributed by atoms with Crippen molar-refractivity contribution >= 4 is 5.84 Å². The highest BCUT2D eigenvalue weighted by Gasteiger charge is 2.12. The highest BCUT2D eigenvalue weighted by Crippen LogP contribution is 2.17. The van der Waals surface area contributed by atoms with Crippen LogP contribution in [0.4, 0.5) is 0 Å². The van der Waals surface area contributed by atoms with E-state index in [2.05, 4.69) is 24.2 Å². The van der Waals surface area contributed by atoms with Gasteiger partial charge in [0.15, 0.2) is 0 Å². The third kappa shape index (κ3) is 3.24. The molecule has 1 aliphatic carbocycles. The van der Waals surface area contributed by atoms with Crippen LogP contribution in [0.5, 0.6) is 0 Å². The molecule has 0 radical (unpaired) electrons. The van der Waals surface area contributed by atoms with Crippen LogP contribution in [0.15, 0.2) is 4.99 Å². The van der Waals surface area contributed by atoms with Gasteiger partial charge in [-0.3, -0.25) is 4.99 Å². The number of rotatable bonds is 2. The van der Waals surface area contributed by atoms with E-state index in [0.29, 0.717) is 6.04 Å². The topological polar surface area (TPSA) is 24.4 Å². The minimum Gasteiger partial charge on any atom is -0.371 e. The third-order valence-electron chi connectivity index (χ3n) is 2.41. The molecule has 0 heterocycles. The van der Waals surface area contributed by atoms with Crippen molar-refractivity contribution < 1.29 is 0 Å². The van der Waals surface area contributed by atoms with Crippen LogP contribution in [0, 0.1) is 0 Å². The normalized spacial score (nSPS) is 21.0. The van der Waals surface area contributed by atoms with Crippen molar-refractivity contribution in [1.82, 2.24) is 5.32 Å². The molecule has 0 aromatic carbocycles. The molecule has 1 fully saturated rings. The summed E-state index contributed by atoms with van der Waals surface area (Å²) in [7, 11) is 0. The Morgan fingerprint density at radius 3 is 2.58 bits per heavy atom. The van der Waals surface area contributed by atoms with Crippen LogP contribution in [0.2, 0.25) is 0 Å². The molecule has 0 aliphatic heterocycles. The fourth-order valence-corrected chi connectivity index (χ4v) is 1.83. The van der Waals surface area contributed by atoms with Crippen molar-refractivity contribution in [1.29, 1.82) is 0 Å². The van der Waals surface area contributed by atoms with Gasteiger partial charge in [0.05, 0.1) is 5.84 Å². The molecule has 1 saturated carbocycles.